The van der Waals surface area contributed by atoms with Gasteiger partial charge in [0.2, 0.25) is 5.91 Å². The molecule has 0 fully saturated rings. The Morgan fingerprint density at radius 1 is 1.17 bits per heavy atom. The third-order valence-corrected chi connectivity index (χ3v) is 3.09. The fourth-order valence-electron chi connectivity index (χ4n) is 1.89. The van der Waals surface area contributed by atoms with E-state index in [1.54, 1.807) is 30.4 Å². The summed E-state index contributed by atoms with van der Waals surface area (Å²) in [5.41, 5.74) is 1.33. The number of amides is 1. The Morgan fingerprint density at radius 2 is 1.91 bits per heavy atom. The molecule has 1 N–H and O–H groups in total. The van der Waals surface area contributed by atoms with Gasteiger partial charge in [-0.1, -0.05) is 43.0 Å². The van der Waals surface area contributed by atoms with Crippen LogP contribution in [0.3, 0.4) is 0 Å². The Hall–Kier alpha value is -2.88. The van der Waals surface area contributed by atoms with Crippen molar-refractivity contribution in [3.63, 3.8) is 0 Å². The van der Waals surface area contributed by atoms with E-state index in [9.17, 15) is 9.18 Å². The number of benzene rings is 2. The van der Waals surface area contributed by atoms with Gasteiger partial charge in [0.05, 0.1) is 0 Å². The summed E-state index contributed by atoms with van der Waals surface area (Å²) in [5, 5.41) is 2.65. The van der Waals surface area contributed by atoms with Gasteiger partial charge in [-0.15, -0.1) is 0 Å². The summed E-state index contributed by atoms with van der Waals surface area (Å²) in [4.78, 5) is 11.8. The molecule has 118 valence electrons. The average Bonchev–Trinajstić information content (AvgIpc) is 2.58. The topological polar surface area (TPSA) is 38.3 Å². The second-order valence-corrected chi connectivity index (χ2v) is 4.81. The summed E-state index contributed by atoms with van der Waals surface area (Å²) in [6, 6.07) is 13.7. The van der Waals surface area contributed by atoms with Gasteiger partial charge in [0.15, 0.2) is 0 Å². The lowest BCUT2D eigenvalue weighted by molar-refractivity contribution is -0.116. The molecule has 0 saturated heterocycles. The average molecular weight is 311 g/mol. The van der Waals surface area contributed by atoms with Crippen LogP contribution < -0.4 is 10.1 Å². The number of halogens is 1. The van der Waals surface area contributed by atoms with Gasteiger partial charge < -0.3 is 10.1 Å². The first-order chi connectivity index (χ1) is 11.2. The molecule has 23 heavy (non-hydrogen) atoms. The summed E-state index contributed by atoms with van der Waals surface area (Å²) < 4.78 is 18.8. The van der Waals surface area contributed by atoms with Crippen LogP contribution in [-0.4, -0.2) is 12.5 Å². The van der Waals surface area contributed by atoms with Crippen LogP contribution in [0, 0.1) is 5.82 Å². The normalized spacial score (nSPS) is 10.5. The molecule has 2 aromatic rings. The number of rotatable bonds is 7. The van der Waals surface area contributed by atoms with Gasteiger partial charge in [-0.3, -0.25) is 4.79 Å². The van der Waals surface area contributed by atoms with Crippen molar-refractivity contribution < 1.29 is 13.9 Å². The van der Waals surface area contributed by atoms with Gasteiger partial charge in [0.25, 0.3) is 0 Å². The zero-order chi connectivity index (χ0) is 16.5. The summed E-state index contributed by atoms with van der Waals surface area (Å²) in [6.07, 6.45) is 4.78. The van der Waals surface area contributed by atoms with E-state index in [1.165, 1.54) is 12.1 Å². The molecule has 3 nitrogen and oxygen atoms in total. The minimum absolute atomic E-state index is 0.157. The predicted molar refractivity (Wildman–Crippen MR) is 89.4 cm³/mol. The number of hydrogen-bond donors (Lipinski definition) is 1. The molecule has 0 aliphatic carbocycles. The third kappa shape index (κ3) is 5.43. The molecule has 0 aromatic heterocycles. The molecule has 0 aliphatic rings. The van der Waals surface area contributed by atoms with Crippen LogP contribution >= 0.6 is 0 Å². The third-order valence-electron chi connectivity index (χ3n) is 3.09. The number of hydrogen-bond acceptors (Lipinski definition) is 2. The minimum Gasteiger partial charge on any atom is -0.490 e. The fourth-order valence-corrected chi connectivity index (χ4v) is 1.89. The van der Waals surface area contributed by atoms with Crippen LogP contribution in [-0.2, 0) is 11.3 Å². The first-order valence-electron chi connectivity index (χ1n) is 7.22. The standard InChI is InChI=1S/C19H18FNO2/c1-2-13-23-17-10-7-15(8-11-17)9-12-19(22)21-14-16-5-3-4-6-18(16)20/h2-12H,1,13-14H2,(H,21,22)/b12-9+. The summed E-state index contributed by atoms with van der Waals surface area (Å²) in [7, 11) is 0. The lowest BCUT2D eigenvalue weighted by Crippen LogP contribution is -2.20. The van der Waals surface area contributed by atoms with Crippen molar-refractivity contribution in [2.75, 3.05) is 6.61 Å². The van der Waals surface area contributed by atoms with Gasteiger partial charge >= 0.3 is 0 Å². The first kappa shape index (κ1) is 16.5. The Kier molecular flexibility index (Phi) is 6.12. The molecule has 0 atom stereocenters. The van der Waals surface area contributed by atoms with Crippen molar-refractivity contribution in [3.8, 4) is 5.75 Å². The lowest BCUT2D eigenvalue weighted by Gasteiger charge is -2.04. The summed E-state index contributed by atoms with van der Waals surface area (Å²) in [6.45, 7) is 4.19. The van der Waals surface area contributed by atoms with E-state index in [0.29, 0.717) is 12.2 Å². The molecule has 2 rings (SSSR count). The van der Waals surface area contributed by atoms with Crippen molar-refractivity contribution in [2.24, 2.45) is 0 Å². The highest BCUT2D eigenvalue weighted by molar-refractivity contribution is 5.91. The minimum atomic E-state index is -0.327. The van der Waals surface area contributed by atoms with Crippen molar-refractivity contribution in [1.82, 2.24) is 5.32 Å². The predicted octanol–water partition coefficient (Wildman–Crippen LogP) is 3.72. The largest absolute Gasteiger partial charge is 0.490 e. The Bertz CT molecular complexity index is 693. The van der Waals surface area contributed by atoms with Gasteiger partial charge in [-0.25, -0.2) is 4.39 Å². The number of nitrogens with one attached hydrogen (secondary N) is 1. The first-order valence-corrected chi connectivity index (χ1v) is 7.22. The van der Waals surface area contributed by atoms with Crippen molar-refractivity contribution in [1.29, 1.82) is 0 Å². The highest BCUT2D eigenvalue weighted by Gasteiger charge is 2.01. The Balaban J connectivity index is 1.86. The van der Waals surface area contributed by atoms with Crippen molar-refractivity contribution in [3.05, 3.63) is 84.2 Å². The highest BCUT2D eigenvalue weighted by Crippen LogP contribution is 2.13. The maximum Gasteiger partial charge on any atom is 0.244 e. The van der Waals surface area contributed by atoms with Crippen molar-refractivity contribution >= 4 is 12.0 Å². The molecule has 0 radical (unpaired) electrons. The van der Waals surface area contributed by atoms with Crippen LogP contribution in [0.25, 0.3) is 6.08 Å². The van der Waals surface area contributed by atoms with Gasteiger partial charge in [0.1, 0.15) is 18.2 Å². The molecule has 2 aromatic carbocycles. The molecule has 0 unspecified atom stereocenters. The fraction of sp³-hybridized carbons (Fsp3) is 0.105. The van der Waals surface area contributed by atoms with Crippen LogP contribution in [0.4, 0.5) is 4.39 Å². The summed E-state index contributed by atoms with van der Waals surface area (Å²) in [5.74, 6) is 0.137. The Labute approximate surface area is 135 Å². The quantitative estimate of drug-likeness (QED) is 0.625. The van der Waals surface area contributed by atoms with E-state index in [2.05, 4.69) is 11.9 Å². The van der Waals surface area contributed by atoms with Crippen LogP contribution in [0.1, 0.15) is 11.1 Å². The summed E-state index contributed by atoms with van der Waals surface area (Å²) >= 11 is 0. The van der Waals surface area contributed by atoms with E-state index >= 15 is 0 Å². The van der Waals surface area contributed by atoms with Crippen molar-refractivity contribution in [2.45, 2.75) is 6.54 Å². The second-order valence-electron chi connectivity index (χ2n) is 4.81. The van der Waals surface area contributed by atoms with E-state index in [4.69, 9.17) is 4.74 Å². The van der Waals surface area contributed by atoms with Gasteiger partial charge in [-0.2, -0.15) is 0 Å². The molecule has 0 bridgehead atoms. The molecular weight excluding hydrogens is 293 g/mol. The van der Waals surface area contributed by atoms with Crippen LogP contribution in [0.2, 0.25) is 0 Å². The monoisotopic (exact) mass is 311 g/mol. The smallest absolute Gasteiger partial charge is 0.244 e. The second kappa shape index (κ2) is 8.54. The highest BCUT2D eigenvalue weighted by atomic mass is 19.1. The van der Waals surface area contributed by atoms with E-state index in [1.807, 2.05) is 24.3 Å². The van der Waals surface area contributed by atoms with E-state index < -0.39 is 0 Å². The molecule has 0 heterocycles. The number of ether oxygens (including phenoxy) is 1. The molecule has 0 spiro atoms. The SMILES string of the molecule is C=CCOc1ccc(/C=C/C(=O)NCc2ccccc2F)cc1. The van der Waals surface area contributed by atoms with E-state index in [-0.39, 0.29) is 18.3 Å². The van der Waals surface area contributed by atoms with Gasteiger partial charge in [-0.05, 0) is 29.8 Å². The zero-order valence-corrected chi connectivity index (χ0v) is 12.7. The molecule has 0 saturated carbocycles. The maximum absolute atomic E-state index is 13.4. The molecule has 1 amide bonds. The van der Waals surface area contributed by atoms with Crippen LogP contribution in [0.15, 0.2) is 67.3 Å². The molecular formula is C19H18FNO2. The maximum atomic E-state index is 13.4. The number of carbonyl (C=O) groups excluding carboxylic acids is 1. The Morgan fingerprint density at radius 3 is 2.61 bits per heavy atom. The zero-order valence-electron chi connectivity index (χ0n) is 12.7. The number of carbonyl (C=O) groups is 1. The van der Waals surface area contributed by atoms with Crippen LogP contribution in [0.5, 0.6) is 5.75 Å². The molecule has 0 aliphatic heterocycles. The van der Waals surface area contributed by atoms with Gasteiger partial charge in [0, 0.05) is 18.2 Å². The lowest BCUT2D eigenvalue weighted by atomic mass is 10.2. The molecule has 4 heteroatoms. The van der Waals surface area contributed by atoms with E-state index in [0.717, 1.165) is 11.3 Å².